The second-order valence-electron chi connectivity index (χ2n) is 12.5. The second kappa shape index (κ2) is 14.2. The summed E-state index contributed by atoms with van der Waals surface area (Å²) in [6.45, 7) is 2.97. The molecule has 2 saturated heterocycles. The van der Waals surface area contributed by atoms with Gasteiger partial charge in [0, 0.05) is 28.1 Å². The molecule has 3 aromatic rings. The fraction of sp³-hybridized carbons (Fsp3) is 0.500. The number of piperidine rings is 1. The molecule has 1 aliphatic carbocycles. The highest BCUT2D eigenvalue weighted by atomic mass is 35.5. The molecule has 0 radical (unpaired) electrons. The molecule has 3 fully saturated rings. The Balaban J connectivity index is 1.12. The number of thiophene rings is 1. The van der Waals surface area contributed by atoms with Crippen molar-refractivity contribution in [2.24, 2.45) is 5.92 Å². The molecule has 45 heavy (non-hydrogen) atoms. The van der Waals surface area contributed by atoms with E-state index in [1.54, 1.807) is 5.38 Å². The fourth-order valence-corrected chi connectivity index (χ4v) is 8.23. The van der Waals surface area contributed by atoms with Gasteiger partial charge in [-0.1, -0.05) is 36.2 Å². The van der Waals surface area contributed by atoms with Gasteiger partial charge in [0.05, 0.1) is 47.4 Å². The van der Waals surface area contributed by atoms with Gasteiger partial charge in [-0.3, -0.25) is 19.3 Å². The lowest BCUT2D eigenvalue weighted by Gasteiger charge is -2.32. The van der Waals surface area contributed by atoms with Crippen molar-refractivity contribution in [3.63, 3.8) is 0 Å². The number of benzene rings is 2. The van der Waals surface area contributed by atoms with Gasteiger partial charge in [-0.05, 0) is 81.8 Å². The molecule has 11 heteroatoms. The molecule has 2 amide bonds. The van der Waals surface area contributed by atoms with E-state index < -0.39 is 11.8 Å². The standard InChI is InChI=1S/C34H39ClFN3O5S/c35-28-14-22(29(36)17-30(28)37-33(41)27-20-45-31-7-3-2-6-26(27)31)15-32(40)39-18-23(38-12-4-1-5-13-38)16-24(39)19-44-25-10-8-21(9-11-25)34(42)43/h2-3,6-7,14,17,20-21,23-25H,1,4-5,8-13,15-16,18-19H2,(H,37,41)(H,42,43)/t21-,23-,24-,25-/m0/s1. The van der Waals surface area contributed by atoms with Crippen LogP contribution in [0.5, 0.6) is 0 Å². The predicted octanol–water partition coefficient (Wildman–Crippen LogP) is 6.60. The molecule has 2 aliphatic heterocycles. The van der Waals surface area contributed by atoms with Crippen LogP contribution in [0.1, 0.15) is 67.3 Å². The minimum Gasteiger partial charge on any atom is -0.481 e. The van der Waals surface area contributed by atoms with E-state index in [2.05, 4.69) is 10.2 Å². The Morgan fingerprint density at radius 2 is 1.82 bits per heavy atom. The summed E-state index contributed by atoms with van der Waals surface area (Å²) in [5.74, 6) is -2.22. The molecule has 0 bridgehead atoms. The van der Waals surface area contributed by atoms with Gasteiger partial charge < -0.3 is 20.1 Å². The molecule has 8 nitrogen and oxygen atoms in total. The zero-order chi connectivity index (χ0) is 31.5. The number of carbonyl (C=O) groups is 3. The van der Waals surface area contributed by atoms with Gasteiger partial charge in [-0.15, -0.1) is 11.3 Å². The van der Waals surface area contributed by atoms with Crippen molar-refractivity contribution in [3.05, 3.63) is 63.7 Å². The third-order valence-electron chi connectivity index (χ3n) is 9.62. The maximum absolute atomic E-state index is 15.4. The topological polar surface area (TPSA) is 99.2 Å². The lowest BCUT2D eigenvalue weighted by molar-refractivity contribution is -0.144. The monoisotopic (exact) mass is 655 g/mol. The van der Waals surface area contributed by atoms with Crippen molar-refractivity contribution in [1.82, 2.24) is 9.80 Å². The van der Waals surface area contributed by atoms with Crippen LogP contribution in [0.4, 0.5) is 10.1 Å². The third-order valence-corrected chi connectivity index (χ3v) is 10.9. The molecular weight excluding hydrogens is 617 g/mol. The molecule has 2 N–H and O–H groups in total. The van der Waals surface area contributed by atoms with Gasteiger partial charge in [-0.25, -0.2) is 4.39 Å². The van der Waals surface area contributed by atoms with E-state index in [0.717, 1.165) is 42.4 Å². The normalized spacial score (nSPS) is 24.2. The average molecular weight is 656 g/mol. The molecule has 0 unspecified atom stereocenters. The highest BCUT2D eigenvalue weighted by molar-refractivity contribution is 7.17. The smallest absolute Gasteiger partial charge is 0.306 e. The third kappa shape index (κ3) is 7.35. The van der Waals surface area contributed by atoms with Gasteiger partial charge in [-0.2, -0.15) is 0 Å². The van der Waals surface area contributed by atoms with E-state index >= 15 is 4.39 Å². The first-order valence-corrected chi connectivity index (χ1v) is 17.2. The van der Waals surface area contributed by atoms with Crippen LogP contribution >= 0.6 is 22.9 Å². The van der Waals surface area contributed by atoms with Crippen LogP contribution in [-0.4, -0.2) is 77.1 Å². The molecule has 2 atom stereocenters. The summed E-state index contributed by atoms with van der Waals surface area (Å²) in [5, 5.41) is 14.8. The predicted molar refractivity (Wildman–Crippen MR) is 174 cm³/mol. The van der Waals surface area contributed by atoms with Crippen LogP contribution in [0.25, 0.3) is 10.1 Å². The van der Waals surface area contributed by atoms with Gasteiger partial charge in [0.1, 0.15) is 5.82 Å². The molecule has 0 spiro atoms. The molecule has 2 aromatic carbocycles. The molecule has 1 aromatic heterocycles. The van der Waals surface area contributed by atoms with Crippen molar-refractivity contribution in [2.75, 3.05) is 31.6 Å². The number of likely N-dealkylation sites (tertiary alicyclic amines) is 2. The number of carbonyl (C=O) groups excluding carboxylic acids is 2. The Kier molecular flexibility index (Phi) is 10.0. The van der Waals surface area contributed by atoms with E-state index in [-0.39, 0.29) is 58.6 Å². The highest BCUT2D eigenvalue weighted by Gasteiger charge is 2.39. The number of hydrogen-bond donors (Lipinski definition) is 2. The molecular formula is C34H39ClFN3O5S. The van der Waals surface area contributed by atoms with Crippen molar-refractivity contribution in [1.29, 1.82) is 0 Å². The number of nitrogens with zero attached hydrogens (tertiary/aromatic N) is 2. The Morgan fingerprint density at radius 3 is 2.58 bits per heavy atom. The number of carboxylic acid groups (broad SMARTS) is 1. The van der Waals surface area contributed by atoms with Gasteiger partial charge in [0.2, 0.25) is 5.91 Å². The zero-order valence-electron chi connectivity index (χ0n) is 25.2. The summed E-state index contributed by atoms with van der Waals surface area (Å²) in [6.07, 6.45) is 6.74. The molecule has 6 rings (SSSR count). The first kappa shape index (κ1) is 31.9. The van der Waals surface area contributed by atoms with Gasteiger partial charge in [0.25, 0.3) is 5.91 Å². The van der Waals surface area contributed by atoms with Crippen LogP contribution in [0.3, 0.4) is 0 Å². The van der Waals surface area contributed by atoms with Crippen LogP contribution in [0.15, 0.2) is 41.8 Å². The first-order chi connectivity index (χ1) is 21.8. The maximum Gasteiger partial charge on any atom is 0.306 e. The Hall–Kier alpha value is -3.05. The van der Waals surface area contributed by atoms with Crippen molar-refractivity contribution >= 4 is 56.5 Å². The average Bonchev–Trinajstić information content (AvgIpc) is 3.68. The SMILES string of the molecule is O=C(Nc1cc(F)c(CC(=O)N2C[C@@H](N3CCCCC3)C[C@H]2CO[C@H]2CC[C@H](C(=O)O)CC2)cc1Cl)c1csc2ccccc12. The van der Waals surface area contributed by atoms with Crippen molar-refractivity contribution in [3.8, 4) is 0 Å². The first-order valence-electron chi connectivity index (χ1n) is 15.9. The molecule has 3 heterocycles. The van der Waals surface area contributed by atoms with Crippen LogP contribution < -0.4 is 5.32 Å². The minimum absolute atomic E-state index is 0.0161. The van der Waals surface area contributed by atoms with Gasteiger partial charge >= 0.3 is 5.97 Å². The minimum atomic E-state index is -0.746. The van der Waals surface area contributed by atoms with E-state index in [4.69, 9.17) is 16.3 Å². The Labute approximate surface area is 271 Å². The summed E-state index contributed by atoms with van der Waals surface area (Å²) in [4.78, 5) is 42.4. The van der Waals surface area contributed by atoms with Crippen molar-refractivity contribution < 1.29 is 28.6 Å². The number of carboxylic acids is 1. The Morgan fingerprint density at radius 1 is 1.07 bits per heavy atom. The highest BCUT2D eigenvalue weighted by Crippen LogP contribution is 2.32. The summed E-state index contributed by atoms with van der Waals surface area (Å²) in [7, 11) is 0. The molecule has 3 aliphatic rings. The van der Waals surface area contributed by atoms with E-state index in [0.29, 0.717) is 44.4 Å². The number of ether oxygens (including phenoxy) is 1. The maximum atomic E-state index is 15.4. The fourth-order valence-electron chi connectivity index (χ4n) is 7.05. The van der Waals surface area contributed by atoms with Crippen molar-refractivity contribution in [2.45, 2.75) is 76.0 Å². The lowest BCUT2D eigenvalue weighted by atomic mass is 9.87. The lowest BCUT2D eigenvalue weighted by Crippen LogP contribution is -2.43. The van der Waals surface area contributed by atoms with Crippen LogP contribution in [-0.2, 0) is 20.7 Å². The summed E-state index contributed by atoms with van der Waals surface area (Å²) in [5.41, 5.74) is 0.824. The number of nitrogens with one attached hydrogen (secondary N) is 1. The van der Waals surface area contributed by atoms with E-state index in [1.807, 2.05) is 29.2 Å². The number of anilines is 1. The molecule has 1 saturated carbocycles. The van der Waals surface area contributed by atoms with E-state index in [9.17, 15) is 19.5 Å². The number of fused-ring (bicyclic) bond motifs is 1. The number of rotatable bonds is 9. The largest absolute Gasteiger partial charge is 0.481 e. The number of hydrogen-bond acceptors (Lipinski definition) is 6. The van der Waals surface area contributed by atoms with E-state index in [1.165, 1.54) is 29.9 Å². The number of amides is 2. The summed E-state index contributed by atoms with van der Waals surface area (Å²) < 4.78 is 22.7. The Bertz CT molecular complexity index is 1550. The van der Waals surface area contributed by atoms with Crippen LogP contribution in [0, 0.1) is 11.7 Å². The molecule has 240 valence electrons. The number of aliphatic carboxylic acids is 1. The summed E-state index contributed by atoms with van der Waals surface area (Å²) >= 11 is 7.98. The quantitative estimate of drug-likeness (QED) is 0.269. The summed E-state index contributed by atoms with van der Waals surface area (Å²) in [6, 6.07) is 10.3. The number of halogens is 2. The second-order valence-corrected chi connectivity index (χ2v) is 13.8. The zero-order valence-corrected chi connectivity index (χ0v) is 26.8. The van der Waals surface area contributed by atoms with Crippen LogP contribution in [0.2, 0.25) is 5.02 Å². The van der Waals surface area contributed by atoms with Gasteiger partial charge in [0.15, 0.2) is 0 Å².